The molecular formula is C24H34N4O5. The van der Waals surface area contributed by atoms with E-state index in [1.807, 2.05) is 38.1 Å². The summed E-state index contributed by atoms with van der Waals surface area (Å²) in [6.45, 7) is 6.55. The highest BCUT2D eigenvalue weighted by Gasteiger charge is 2.55. The third-order valence-corrected chi connectivity index (χ3v) is 6.96. The van der Waals surface area contributed by atoms with E-state index >= 15 is 0 Å². The van der Waals surface area contributed by atoms with E-state index in [-0.39, 0.29) is 23.8 Å². The van der Waals surface area contributed by atoms with Crippen molar-refractivity contribution in [2.45, 2.75) is 70.4 Å². The van der Waals surface area contributed by atoms with Gasteiger partial charge in [0.25, 0.3) is 0 Å². The minimum Gasteiger partial charge on any atom is -0.493 e. The molecule has 5 atom stereocenters. The minimum absolute atomic E-state index is 0.188. The fourth-order valence-corrected chi connectivity index (χ4v) is 5.02. The van der Waals surface area contributed by atoms with Gasteiger partial charge in [-0.15, -0.1) is 0 Å². The summed E-state index contributed by atoms with van der Waals surface area (Å²) in [6, 6.07) is 5.63. The molecule has 33 heavy (non-hydrogen) atoms. The molecule has 0 bridgehead atoms. The average molecular weight is 459 g/mol. The fourth-order valence-electron chi connectivity index (χ4n) is 5.02. The van der Waals surface area contributed by atoms with Crippen LogP contribution >= 0.6 is 0 Å². The van der Waals surface area contributed by atoms with Crippen LogP contribution in [0.2, 0.25) is 0 Å². The standard InChI is InChI=1S/C24H34N4O5/c1-14(25-4)21(29)27-17-10-12-33-19-13-24(2,3)20(28(19)23(17)31)22(30)26-16-9-11-32-18-8-6-5-7-15(16)18/h5-8,14,16-17,19-20,25H,9-13H2,1-4H3,(H,26,30)(H,27,29)/t14?,16?,17-,19-,20+/m0/s1. The van der Waals surface area contributed by atoms with Crippen LogP contribution in [0.3, 0.4) is 0 Å². The summed E-state index contributed by atoms with van der Waals surface area (Å²) < 4.78 is 11.7. The first-order valence-corrected chi connectivity index (χ1v) is 11.7. The lowest BCUT2D eigenvalue weighted by Gasteiger charge is -2.35. The third-order valence-electron chi connectivity index (χ3n) is 6.96. The first-order chi connectivity index (χ1) is 15.7. The molecule has 2 unspecified atom stereocenters. The number of amides is 3. The van der Waals surface area contributed by atoms with Gasteiger partial charge in [0.2, 0.25) is 17.7 Å². The second kappa shape index (κ2) is 9.30. The van der Waals surface area contributed by atoms with Crippen LogP contribution in [0.4, 0.5) is 0 Å². The van der Waals surface area contributed by atoms with Crippen LogP contribution in [0.1, 0.15) is 51.6 Å². The van der Waals surface area contributed by atoms with E-state index in [0.717, 1.165) is 11.3 Å². The van der Waals surface area contributed by atoms with Crippen LogP contribution in [0.25, 0.3) is 0 Å². The molecule has 3 aliphatic rings. The topological polar surface area (TPSA) is 109 Å². The van der Waals surface area contributed by atoms with Crippen molar-refractivity contribution in [3.05, 3.63) is 29.8 Å². The van der Waals surface area contributed by atoms with E-state index in [4.69, 9.17) is 9.47 Å². The highest BCUT2D eigenvalue weighted by Crippen LogP contribution is 2.43. The van der Waals surface area contributed by atoms with Gasteiger partial charge in [-0.1, -0.05) is 32.0 Å². The molecule has 1 aromatic carbocycles. The summed E-state index contributed by atoms with van der Waals surface area (Å²) in [5.74, 6) is 0.0322. The Bertz CT molecular complexity index is 920. The molecule has 9 heteroatoms. The van der Waals surface area contributed by atoms with E-state index < -0.39 is 29.8 Å². The molecule has 2 saturated heterocycles. The number of benzene rings is 1. The van der Waals surface area contributed by atoms with Crippen molar-refractivity contribution in [2.24, 2.45) is 5.41 Å². The van der Waals surface area contributed by atoms with E-state index in [0.29, 0.717) is 32.5 Å². The summed E-state index contributed by atoms with van der Waals surface area (Å²) in [6.07, 6.45) is 1.09. The summed E-state index contributed by atoms with van der Waals surface area (Å²) in [5, 5.41) is 8.88. The Balaban J connectivity index is 1.56. The van der Waals surface area contributed by atoms with Crippen molar-refractivity contribution in [3.8, 4) is 5.75 Å². The van der Waals surface area contributed by atoms with E-state index in [1.165, 1.54) is 0 Å². The Morgan fingerprint density at radius 1 is 1.12 bits per heavy atom. The van der Waals surface area contributed by atoms with Gasteiger partial charge in [0.05, 0.1) is 25.3 Å². The number of hydrogen-bond acceptors (Lipinski definition) is 6. The molecule has 1 aromatic rings. The van der Waals surface area contributed by atoms with Crippen molar-refractivity contribution < 1.29 is 23.9 Å². The van der Waals surface area contributed by atoms with Crippen molar-refractivity contribution in [3.63, 3.8) is 0 Å². The number of rotatable bonds is 5. The normalized spacial score (nSPS) is 29.2. The molecule has 0 spiro atoms. The predicted octanol–water partition coefficient (Wildman–Crippen LogP) is 1.09. The zero-order valence-electron chi connectivity index (χ0n) is 19.7. The van der Waals surface area contributed by atoms with Crippen molar-refractivity contribution in [1.29, 1.82) is 0 Å². The van der Waals surface area contributed by atoms with Gasteiger partial charge >= 0.3 is 0 Å². The van der Waals surface area contributed by atoms with Gasteiger partial charge in [0.1, 0.15) is 24.1 Å². The van der Waals surface area contributed by atoms with Gasteiger partial charge in [-0.2, -0.15) is 0 Å². The Hall–Kier alpha value is -2.65. The van der Waals surface area contributed by atoms with Crippen molar-refractivity contribution >= 4 is 17.7 Å². The van der Waals surface area contributed by atoms with Gasteiger partial charge in [-0.3, -0.25) is 14.4 Å². The number of fused-ring (bicyclic) bond motifs is 2. The zero-order valence-corrected chi connectivity index (χ0v) is 19.7. The average Bonchev–Trinajstić information content (AvgIpc) is 2.99. The molecule has 0 aromatic heterocycles. The first-order valence-electron chi connectivity index (χ1n) is 11.7. The van der Waals surface area contributed by atoms with Crippen LogP contribution < -0.4 is 20.7 Å². The number of carbonyl (C=O) groups is 3. The number of hydrogen-bond donors (Lipinski definition) is 3. The highest BCUT2D eigenvalue weighted by molar-refractivity contribution is 5.94. The van der Waals surface area contributed by atoms with E-state index in [9.17, 15) is 14.4 Å². The second-order valence-electron chi connectivity index (χ2n) is 9.76. The molecule has 9 nitrogen and oxygen atoms in total. The number of nitrogens with one attached hydrogen (secondary N) is 3. The van der Waals surface area contributed by atoms with Gasteiger partial charge in [0, 0.05) is 18.4 Å². The number of ether oxygens (including phenoxy) is 2. The van der Waals surface area contributed by atoms with Crippen LogP contribution in [0.5, 0.6) is 5.75 Å². The van der Waals surface area contributed by atoms with Crippen molar-refractivity contribution in [2.75, 3.05) is 20.3 Å². The molecule has 0 radical (unpaired) electrons. The lowest BCUT2D eigenvalue weighted by molar-refractivity contribution is -0.150. The summed E-state index contributed by atoms with van der Waals surface area (Å²) >= 11 is 0. The molecule has 3 amide bonds. The molecule has 3 N–H and O–H groups in total. The SMILES string of the molecule is CNC(C)C(=O)N[C@H]1CCO[C@H]2CC(C)(C)[C@@H](C(=O)NC3CCOc4ccccc43)N2C1=O. The van der Waals surface area contributed by atoms with Crippen LogP contribution in [-0.4, -0.2) is 67.2 Å². The summed E-state index contributed by atoms with van der Waals surface area (Å²) in [7, 11) is 1.69. The first kappa shape index (κ1) is 23.5. The van der Waals surface area contributed by atoms with Gasteiger partial charge in [-0.25, -0.2) is 0 Å². The Morgan fingerprint density at radius 3 is 2.61 bits per heavy atom. The number of para-hydroxylation sites is 1. The Kier molecular flexibility index (Phi) is 6.63. The maximum atomic E-state index is 13.6. The molecule has 0 aliphatic carbocycles. The summed E-state index contributed by atoms with van der Waals surface area (Å²) in [5.41, 5.74) is 0.452. The molecule has 3 aliphatic heterocycles. The maximum absolute atomic E-state index is 13.6. The van der Waals surface area contributed by atoms with Crippen LogP contribution in [0, 0.1) is 5.41 Å². The predicted molar refractivity (Wildman–Crippen MR) is 121 cm³/mol. The summed E-state index contributed by atoms with van der Waals surface area (Å²) in [4.78, 5) is 41.2. The molecular weight excluding hydrogens is 424 g/mol. The lowest BCUT2D eigenvalue weighted by Crippen LogP contribution is -2.58. The lowest BCUT2D eigenvalue weighted by atomic mass is 9.83. The third kappa shape index (κ3) is 4.56. The van der Waals surface area contributed by atoms with E-state index in [1.54, 1.807) is 18.9 Å². The number of likely N-dealkylation sites (N-methyl/N-ethyl adjacent to an activating group) is 1. The van der Waals surface area contributed by atoms with Crippen molar-refractivity contribution in [1.82, 2.24) is 20.9 Å². The van der Waals surface area contributed by atoms with Crippen LogP contribution in [-0.2, 0) is 19.1 Å². The van der Waals surface area contributed by atoms with Gasteiger partial charge in [-0.05, 0) is 31.9 Å². The van der Waals surface area contributed by atoms with E-state index in [2.05, 4.69) is 16.0 Å². The maximum Gasteiger partial charge on any atom is 0.247 e. The number of carbonyl (C=O) groups excluding carboxylic acids is 3. The fraction of sp³-hybridized carbons (Fsp3) is 0.625. The monoisotopic (exact) mass is 458 g/mol. The highest BCUT2D eigenvalue weighted by atomic mass is 16.5. The number of nitrogens with zero attached hydrogens (tertiary/aromatic N) is 1. The zero-order chi connectivity index (χ0) is 23.8. The molecule has 180 valence electrons. The molecule has 0 saturated carbocycles. The Morgan fingerprint density at radius 2 is 1.85 bits per heavy atom. The Labute approximate surface area is 194 Å². The molecule has 2 fully saturated rings. The van der Waals surface area contributed by atoms with Gasteiger partial charge < -0.3 is 30.3 Å². The quantitative estimate of drug-likeness (QED) is 0.610. The second-order valence-corrected chi connectivity index (χ2v) is 9.76. The molecule has 4 rings (SSSR count). The smallest absolute Gasteiger partial charge is 0.247 e. The molecule has 3 heterocycles. The van der Waals surface area contributed by atoms with Gasteiger partial charge in [0.15, 0.2) is 0 Å². The van der Waals surface area contributed by atoms with Crippen LogP contribution in [0.15, 0.2) is 24.3 Å². The largest absolute Gasteiger partial charge is 0.493 e. The minimum atomic E-state index is -0.730.